The van der Waals surface area contributed by atoms with Crippen LogP contribution in [0.5, 0.6) is 0 Å². The second-order valence-electron chi connectivity index (χ2n) is 6.00. The maximum absolute atomic E-state index is 12.5. The Kier molecular flexibility index (Phi) is 4.57. The highest BCUT2D eigenvalue weighted by atomic mass is 16.3. The SMILES string of the molecule is C/C(=N/NC(=O)c1cc(C)n(-c2ccccc2)c1C)c1ccc(C)o1. The number of hydrogen-bond acceptors (Lipinski definition) is 3. The van der Waals surface area contributed by atoms with Gasteiger partial charge in [0.15, 0.2) is 0 Å². The summed E-state index contributed by atoms with van der Waals surface area (Å²) in [5.41, 5.74) is 6.75. The largest absolute Gasteiger partial charge is 0.460 e. The van der Waals surface area contributed by atoms with Crippen LogP contribution in [0.1, 0.15) is 40.2 Å². The minimum atomic E-state index is -0.238. The molecule has 25 heavy (non-hydrogen) atoms. The Morgan fingerprint density at radius 3 is 2.44 bits per heavy atom. The van der Waals surface area contributed by atoms with Crippen molar-refractivity contribution in [2.75, 3.05) is 0 Å². The summed E-state index contributed by atoms with van der Waals surface area (Å²) >= 11 is 0. The lowest BCUT2D eigenvalue weighted by molar-refractivity contribution is 0.0954. The lowest BCUT2D eigenvalue weighted by Gasteiger charge is -2.09. The molecule has 0 aliphatic carbocycles. The highest BCUT2D eigenvalue weighted by molar-refractivity contribution is 5.99. The second-order valence-corrected chi connectivity index (χ2v) is 6.00. The van der Waals surface area contributed by atoms with Gasteiger partial charge in [0.25, 0.3) is 5.91 Å². The molecule has 5 heteroatoms. The number of rotatable bonds is 4. The van der Waals surface area contributed by atoms with Crippen molar-refractivity contribution in [2.45, 2.75) is 27.7 Å². The molecule has 0 fully saturated rings. The summed E-state index contributed by atoms with van der Waals surface area (Å²) in [5.74, 6) is 1.22. The molecule has 2 aromatic heterocycles. The number of hydrazone groups is 1. The molecule has 1 amide bonds. The van der Waals surface area contributed by atoms with Crippen molar-refractivity contribution in [3.63, 3.8) is 0 Å². The van der Waals surface area contributed by atoms with E-state index in [2.05, 4.69) is 15.1 Å². The maximum atomic E-state index is 12.5. The Morgan fingerprint density at radius 2 is 1.80 bits per heavy atom. The van der Waals surface area contributed by atoms with Crippen molar-refractivity contribution < 1.29 is 9.21 Å². The highest BCUT2D eigenvalue weighted by Gasteiger charge is 2.16. The van der Waals surface area contributed by atoms with E-state index in [1.807, 2.05) is 69.3 Å². The van der Waals surface area contributed by atoms with Crippen LogP contribution >= 0.6 is 0 Å². The standard InChI is InChI=1S/C20H21N3O2/c1-13-12-18(16(4)23(13)17-8-6-5-7-9-17)20(24)22-21-15(3)19-11-10-14(2)25-19/h5-12H,1-4H3,(H,22,24)/b21-15-. The lowest BCUT2D eigenvalue weighted by atomic mass is 10.2. The van der Waals surface area contributed by atoms with Gasteiger partial charge in [0.05, 0.1) is 5.56 Å². The third-order valence-corrected chi connectivity index (χ3v) is 4.11. The number of benzene rings is 1. The van der Waals surface area contributed by atoms with Crippen molar-refractivity contribution in [2.24, 2.45) is 5.10 Å². The molecule has 0 aliphatic rings. The van der Waals surface area contributed by atoms with Gasteiger partial charge in [-0.15, -0.1) is 0 Å². The maximum Gasteiger partial charge on any atom is 0.273 e. The number of furan rings is 1. The number of nitrogens with one attached hydrogen (secondary N) is 1. The van der Waals surface area contributed by atoms with E-state index < -0.39 is 0 Å². The Labute approximate surface area is 147 Å². The summed E-state index contributed by atoms with van der Waals surface area (Å²) in [6, 6.07) is 15.5. The predicted molar refractivity (Wildman–Crippen MR) is 98.4 cm³/mol. The third kappa shape index (κ3) is 3.40. The summed E-state index contributed by atoms with van der Waals surface area (Å²) in [7, 11) is 0. The smallest absolute Gasteiger partial charge is 0.273 e. The molecule has 3 rings (SSSR count). The molecular formula is C20H21N3O2. The minimum Gasteiger partial charge on any atom is -0.460 e. The molecule has 0 aliphatic heterocycles. The number of carbonyl (C=O) groups excluding carboxylic acids is 1. The van der Waals surface area contributed by atoms with Gasteiger partial charge in [-0.3, -0.25) is 4.79 Å². The Bertz CT molecular complexity index is 933. The van der Waals surface area contributed by atoms with Crippen LogP contribution in [0.2, 0.25) is 0 Å². The van der Waals surface area contributed by atoms with Crippen molar-refractivity contribution >= 4 is 11.6 Å². The molecule has 5 nitrogen and oxygen atoms in total. The highest BCUT2D eigenvalue weighted by Crippen LogP contribution is 2.20. The van der Waals surface area contributed by atoms with Crippen molar-refractivity contribution in [3.05, 3.63) is 77.0 Å². The minimum absolute atomic E-state index is 0.238. The van der Waals surface area contributed by atoms with E-state index in [-0.39, 0.29) is 5.91 Å². The fourth-order valence-corrected chi connectivity index (χ4v) is 2.85. The fraction of sp³-hybridized carbons (Fsp3) is 0.200. The summed E-state index contributed by atoms with van der Waals surface area (Å²) in [4.78, 5) is 12.5. The van der Waals surface area contributed by atoms with Crippen molar-refractivity contribution in [1.29, 1.82) is 0 Å². The number of aryl methyl sites for hydroxylation is 2. The zero-order valence-corrected chi connectivity index (χ0v) is 14.8. The van der Waals surface area contributed by atoms with E-state index >= 15 is 0 Å². The van der Waals surface area contributed by atoms with Crippen LogP contribution in [-0.4, -0.2) is 16.2 Å². The van der Waals surface area contributed by atoms with E-state index in [9.17, 15) is 4.79 Å². The first-order valence-electron chi connectivity index (χ1n) is 8.13. The van der Waals surface area contributed by atoms with Gasteiger partial charge in [0.2, 0.25) is 0 Å². The van der Waals surface area contributed by atoms with Crippen LogP contribution in [0, 0.1) is 20.8 Å². The number of para-hydroxylation sites is 1. The van der Waals surface area contributed by atoms with Crippen LogP contribution in [0.4, 0.5) is 0 Å². The molecule has 0 radical (unpaired) electrons. The molecule has 0 saturated heterocycles. The zero-order chi connectivity index (χ0) is 18.0. The van der Waals surface area contributed by atoms with Gasteiger partial charge >= 0.3 is 0 Å². The monoisotopic (exact) mass is 335 g/mol. The van der Waals surface area contributed by atoms with Crippen LogP contribution in [-0.2, 0) is 0 Å². The second kappa shape index (κ2) is 6.81. The molecule has 0 unspecified atom stereocenters. The first-order valence-corrected chi connectivity index (χ1v) is 8.13. The first-order chi connectivity index (χ1) is 12.0. The van der Waals surface area contributed by atoms with Crippen molar-refractivity contribution in [1.82, 2.24) is 9.99 Å². The molecule has 0 spiro atoms. The summed E-state index contributed by atoms with van der Waals surface area (Å²) in [6.07, 6.45) is 0. The molecule has 0 bridgehead atoms. The normalized spacial score (nSPS) is 11.6. The van der Waals surface area contributed by atoms with E-state index in [1.165, 1.54) is 0 Å². The summed E-state index contributed by atoms with van der Waals surface area (Å²) in [5, 5.41) is 4.15. The predicted octanol–water partition coefficient (Wildman–Crippen LogP) is 4.15. The van der Waals surface area contributed by atoms with E-state index in [0.717, 1.165) is 22.8 Å². The molecule has 1 aromatic carbocycles. The average molecular weight is 335 g/mol. The molecule has 0 saturated carbocycles. The van der Waals surface area contributed by atoms with Crippen LogP contribution < -0.4 is 5.43 Å². The van der Waals surface area contributed by atoms with Gasteiger partial charge in [-0.25, -0.2) is 5.43 Å². The zero-order valence-electron chi connectivity index (χ0n) is 14.8. The summed E-state index contributed by atoms with van der Waals surface area (Å²) in [6.45, 7) is 7.58. The van der Waals surface area contributed by atoms with E-state index in [1.54, 1.807) is 6.92 Å². The van der Waals surface area contributed by atoms with Crippen LogP contribution in [0.3, 0.4) is 0 Å². The molecule has 0 atom stereocenters. The average Bonchev–Trinajstić information content (AvgIpc) is 3.16. The lowest BCUT2D eigenvalue weighted by Crippen LogP contribution is -2.20. The Morgan fingerprint density at radius 1 is 1.08 bits per heavy atom. The molecule has 128 valence electrons. The quantitative estimate of drug-likeness (QED) is 0.575. The Balaban J connectivity index is 1.84. The molecule has 3 aromatic rings. The van der Waals surface area contributed by atoms with Gasteiger partial charge in [0, 0.05) is 17.1 Å². The first kappa shape index (κ1) is 16.8. The van der Waals surface area contributed by atoms with Gasteiger partial charge in [-0.2, -0.15) is 5.10 Å². The van der Waals surface area contributed by atoms with E-state index in [4.69, 9.17) is 4.42 Å². The van der Waals surface area contributed by atoms with Gasteiger partial charge in [-0.1, -0.05) is 18.2 Å². The Hall–Kier alpha value is -3.08. The number of amides is 1. The third-order valence-electron chi connectivity index (χ3n) is 4.11. The number of aromatic nitrogens is 1. The van der Waals surface area contributed by atoms with Gasteiger partial charge in [-0.05, 0) is 58.0 Å². The number of carbonyl (C=O) groups is 1. The topological polar surface area (TPSA) is 59.5 Å². The van der Waals surface area contributed by atoms with E-state index in [0.29, 0.717) is 17.0 Å². The van der Waals surface area contributed by atoms with Crippen LogP contribution in [0.25, 0.3) is 5.69 Å². The number of hydrogen-bond donors (Lipinski definition) is 1. The number of nitrogens with zero attached hydrogens (tertiary/aromatic N) is 2. The van der Waals surface area contributed by atoms with Gasteiger partial charge in [0.1, 0.15) is 17.2 Å². The van der Waals surface area contributed by atoms with Crippen molar-refractivity contribution in [3.8, 4) is 5.69 Å². The molecular weight excluding hydrogens is 314 g/mol. The van der Waals surface area contributed by atoms with Crippen LogP contribution in [0.15, 0.2) is 58.0 Å². The molecule has 2 heterocycles. The summed E-state index contributed by atoms with van der Waals surface area (Å²) < 4.78 is 7.56. The molecule has 1 N–H and O–H groups in total. The fourth-order valence-electron chi connectivity index (χ4n) is 2.85. The van der Waals surface area contributed by atoms with Gasteiger partial charge < -0.3 is 8.98 Å².